The molecule has 4 heteroatoms. The van der Waals surface area contributed by atoms with E-state index in [0.29, 0.717) is 0 Å². The summed E-state index contributed by atoms with van der Waals surface area (Å²) in [7, 11) is 0. The Balaban J connectivity index is 0. The fraction of sp³-hybridized carbons (Fsp3) is 0.600. The summed E-state index contributed by atoms with van der Waals surface area (Å²) in [5.41, 5.74) is 0. The number of rotatable bonds is 3. The van der Waals surface area contributed by atoms with E-state index >= 15 is 0 Å². The normalized spacial score (nSPS) is 7.67. The van der Waals surface area contributed by atoms with Crippen molar-refractivity contribution in [3.8, 4) is 0 Å². The molecular weight excluding hydrogens is 172 g/mol. The van der Waals surface area contributed by atoms with Gasteiger partial charge in [0.1, 0.15) is 5.78 Å². The van der Waals surface area contributed by atoms with Gasteiger partial charge in [0.15, 0.2) is 0 Å². The number of hydrogen-bond acceptors (Lipinski definition) is 3. The van der Waals surface area contributed by atoms with Crippen LogP contribution in [-0.2, 0) is 26.7 Å². The van der Waals surface area contributed by atoms with Crippen LogP contribution >= 0.6 is 0 Å². The van der Waals surface area contributed by atoms with Crippen LogP contribution in [0.1, 0.15) is 19.8 Å². The standard InChI is InChI=1S/C5H8O3.Cu/c1-4(6)2-3-5(7)8;/h2-3H2,1H3,(H,7,8);/q;+1/p-1. The van der Waals surface area contributed by atoms with Crippen molar-refractivity contribution in [3.05, 3.63) is 0 Å². The van der Waals surface area contributed by atoms with E-state index in [4.69, 9.17) is 0 Å². The van der Waals surface area contributed by atoms with Crippen molar-refractivity contribution in [1.29, 1.82) is 0 Å². The molecule has 9 heavy (non-hydrogen) atoms. The summed E-state index contributed by atoms with van der Waals surface area (Å²) < 4.78 is 0. The predicted molar refractivity (Wildman–Crippen MR) is 24.9 cm³/mol. The molecule has 0 saturated heterocycles. The van der Waals surface area contributed by atoms with Gasteiger partial charge in [-0.25, -0.2) is 0 Å². The average Bonchev–Trinajstić information content (AvgIpc) is 1.61. The predicted octanol–water partition coefficient (Wildman–Crippen LogP) is -0.897. The molecule has 0 spiro atoms. The van der Waals surface area contributed by atoms with Gasteiger partial charge in [-0.3, -0.25) is 0 Å². The zero-order valence-electron chi connectivity index (χ0n) is 4.94. The molecule has 0 aliphatic carbocycles. The van der Waals surface area contributed by atoms with Crippen molar-refractivity contribution in [2.45, 2.75) is 19.8 Å². The van der Waals surface area contributed by atoms with Gasteiger partial charge in [0, 0.05) is 12.4 Å². The van der Waals surface area contributed by atoms with Crippen molar-refractivity contribution in [1.82, 2.24) is 0 Å². The molecule has 0 N–H and O–H groups in total. The Labute approximate surface area is 63.9 Å². The second-order valence-corrected chi connectivity index (χ2v) is 1.57. The zero-order valence-corrected chi connectivity index (χ0v) is 5.88. The van der Waals surface area contributed by atoms with Crippen molar-refractivity contribution < 1.29 is 31.8 Å². The second kappa shape index (κ2) is 5.79. The smallest absolute Gasteiger partial charge is 0.550 e. The van der Waals surface area contributed by atoms with Crippen LogP contribution in [0, 0.1) is 0 Å². The molecular formula is C5H7CuO3. The molecule has 0 fully saturated rings. The van der Waals surface area contributed by atoms with Gasteiger partial charge in [-0.2, -0.15) is 0 Å². The number of hydrogen-bond donors (Lipinski definition) is 0. The topological polar surface area (TPSA) is 57.2 Å². The number of carboxylic acid groups (broad SMARTS) is 1. The van der Waals surface area contributed by atoms with Crippen LogP contribution in [0.3, 0.4) is 0 Å². The van der Waals surface area contributed by atoms with E-state index < -0.39 is 5.97 Å². The third-order valence-corrected chi connectivity index (χ3v) is 0.681. The molecule has 0 atom stereocenters. The molecule has 3 nitrogen and oxygen atoms in total. The van der Waals surface area contributed by atoms with E-state index in [-0.39, 0.29) is 35.7 Å². The van der Waals surface area contributed by atoms with Gasteiger partial charge in [-0.1, -0.05) is 0 Å². The molecule has 0 aromatic heterocycles. The maximum atomic E-state index is 10.1. The van der Waals surface area contributed by atoms with E-state index in [9.17, 15) is 14.7 Å². The molecule has 0 unspecified atom stereocenters. The SMILES string of the molecule is CC(=O)CCC(=O)[O-].[Cu+]. The Morgan fingerprint density at radius 1 is 1.33 bits per heavy atom. The maximum Gasteiger partial charge on any atom is 1.00 e. The van der Waals surface area contributed by atoms with Gasteiger partial charge in [0.2, 0.25) is 0 Å². The molecule has 0 rings (SSSR count). The Bertz CT molecular complexity index is 96.8. The number of carboxylic acids is 1. The van der Waals surface area contributed by atoms with Crippen molar-refractivity contribution >= 4 is 11.8 Å². The summed E-state index contributed by atoms with van der Waals surface area (Å²) in [5, 5.41) is 9.64. The Morgan fingerprint density at radius 3 is 1.89 bits per heavy atom. The molecule has 0 bridgehead atoms. The zero-order chi connectivity index (χ0) is 6.57. The summed E-state index contributed by atoms with van der Waals surface area (Å²) >= 11 is 0. The van der Waals surface area contributed by atoms with Crippen molar-refractivity contribution in [3.63, 3.8) is 0 Å². The van der Waals surface area contributed by atoms with Crippen LogP contribution in [0.2, 0.25) is 0 Å². The Hall–Kier alpha value is -0.341. The maximum absolute atomic E-state index is 10.1. The molecule has 0 radical (unpaired) electrons. The number of carbonyl (C=O) groups is 2. The van der Waals surface area contributed by atoms with Crippen LogP contribution in [0.5, 0.6) is 0 Å². The Kier molecular flexibility index (Phi) is 7.37. The first-order chi connectivity index (χ1) is 3.63. The second-order valence-electron chi connectivity index (χ2n) is 1.57. The van der Waals surface area contributed by atoms with Gasteiger partial charge in [-0.05, 0) is 13.3 Å². The number of carbonyl (C=O) groups excluding carboxylic acids is 2. The number of aliphatic carboxylic acids is 1. The van der Waals surface area contributed by atoms with Gasteiger partial charge in [0.25, 0.3) is 0 Å². The van der Waals surface area contributed by atoms with Gasteiger partial charge in [-0.15, -0.1) is 0 Å². The fourth-order valence-corrected chi connectivity index (χ4v) is 0.278. The third-order valence-electron chi connectivity index (χ3n) is 0.681. The van der Waals surface area contributed by atoms with Gasteiger partial charge >= 0.3 is 17.1 Å². The van der Waals surface area contributed by atoms with Crippen LogP contribution < -0.4 is 5.11 Å². The van der Waals surface area contributed by atoms with E-state index in [1.165, 1.54) is 6.92 Å². The summed E-state index contributed by atoms with van der Waals surface area (Å²) in [5.74, 6) is -1.28. The van der Waals surface area contributed by atoms with Crippen LogP contribution in [0.15, 0.2) is 0 Å². The average molecular weight is 179 g/mol. The minimum Gasteiger partial charge on any atom is -0.550 e. The third kappa shape index (κ3) is 11.3. The quantitative estimate of drug-likeness (QED) is 0.527. The van der Waals surface area contributed by atoms with Gasteiger partial charge in [0.05, 0.1) is 0 Å². The van der Waals surface area contributed by atoms with Crippen LogP contribution in [-0.4, -0.2) is 11.8 Å². The first kappa shape index (κ1) is 11.5. The molecule has 0 aromatic rings. The molecule has 0 aromatic carbocycles. The Morgan fingerprint density at radius 2 is 1.78 bits per heavy atom. The van der Waals surface area contributed by atoms with Crippen LogP contribution in [0.4, 0.5) is 0 Å². The minimum atomic E-state index is -1.17. The van der Waals surface area contributed by atoms with E-state index in [0.717, 1.165) is 0 Å². The van der Waals surface area contributed by atoms with Crippen LogP contribution in [0.25, 0.3) is 0 Å². The van der Waals surface area contributed by atoms with Gasteiger partial charge < -0.3 is 14.7 Å². The molecule has 0 saturated carbocycles. The summed E-state index contributed by atoms with van der Waals surface area (Å²) in [6.45, 7) is 1.35. The fourth-order valence-electron chi connectivity index (χ4n) is 0.278. The van der Waals surface area contributed by atoms with E-state index in [1.54, 1.807) is 0 Å². The monoisotopic (exact) mass is 178 g/mol. The molecule has 0 amide bonds. The largest absolute Gasteiger partial charge is 1.00 e. The van der Waals surface area contributed by atoms with Crippen molar-refractivity contribution in [2.24, 2.45) is 0 Å². The molecule has 0 heterocycles. The molecule has 0 aliphatic rings. The van der Waals surface area contributed by atoms with Crippen molar-refractivity contribution in [2.75, 3.05) is 0 Å². The number of ketones is 1. The first-order valence-electron chi connectivity index (χ1n) is 2.32. The minimum absolute atomic E-state index is 0. The number of Topliss-reactive ketones (excluding diaryl/α,β-unsaturated/α-hetero) is 1. The first-order valence-corrected chi connectivity index (χ1v) is 2.32. The molecule has 0 aliphatic heterocycles. The summed E-state index contributed by atoms with van der Waals surface area (Å²) in [6, 6.07) is 0. The molecule has 56 valence electrons. The van der Waals surface area contributed by atoms with E-state index in [1.807, 2.05) is 0 Å². The summed E-state index contributed by atoms with van der Waals surface area (Å²) in [4.78, 5) is 19.7. The summed E-state index contributed by atoms with van der Waals surface area (Å²) in [6.07, 6.45) is -0.0718. The van der Waals surface area contributed by atoms with E-state index in [2.05, 4.69) is 0 Å².